The summed E-state index contributed by atoms with van der Waals surface area (Å²) in [5.74, 6) is 0. The molecule has 0 saturated heterocycles. The summed E-state index contributed by atoms with van der Waals surface area (Å²) in [6.07, 6.45) is 3.83. The molecule has 1 aromatic heterocycles. The molecule has 5 rings (SSSR count). The minimum absolute atomic E-state index is 0.238. The molecule has 0 amide bonds. The number of aryl methyl sites for hydroxylation is 1. The second-order valence-corrected chi connectivity index (χ2v) is 9.56. The quantitative estimate of drug-likeness (QED) is 0.497. The number of nitrogens with zero attached hydrogens (tertiary/aromatic N) is 2. The van der Waals surface area contributed by atoms with Gasteiger partial charge in [0.2, 0.25) is 0 Å². The molecule has 3 aromatic rings. The van der Waals surface area contributed by atoms with Crippen molar-refractivity contribution in [1.29, 1.82) is 0 Å². The highest BCUT2D eigenvalue weighted by molar-refractivity contribution is 5.94. The first-order chi connectivity index (χ1) is 14.4. The van der Waals surface area contributed by atoms with Crippen LogP contribution in [0.15, 0.2) is 48.5 Å². The van der Waals surface area contributed by atoms with E-state index in [1.54, 1.807) is 0 Å². The molecule has 0 bridgehead atoms. The molecular formula is C26H30N2O2. The zero-order valence-corrected chi connectivity index (χ0v) is 18.1. The van der Waals surface area contributed by atoms with Crippen molar-refractivity contribution in [2.45, 2.75) is 58.1 Å². The number of ether oxygens (including phenoxy) is 1. The summed E-state index contributed by atoms with van der Waals surface area (Å²) in [7, 11) is 0. The summed E-state index contributed by atoms with van der Waals surface area (Å²) in [5.41, 5.74) is 5.84. The van der Waals surface area contributed by atoms with Crippen LogP contribution in [-0.2, 0) is 24.0 Å². The maximum Gasteiger partial charge on any atom is 0.419 e. The van der Waals surface area contributed by atoms with E-state index in [2.05, 4.69) is 47.4 Å². The van der Waals surface area contributed by atoms with E-state index in [9.17, 15) is 4.79 Å². The molecule has 30 heavy (non-hydrogen) atoms. The number of para-hydroxylation sites is 1. The predicted molar refractivity (Wildman–Crippen MR) is 120 cm³/mol. The Labute approximate surface area is 178 Å². The average Bonchev–Trinajstić information content (AvgIpc) is 3.03. The Bertz CT molecular complexity index is 1110. The predicted octanol–water partition coefficient (Wildman–Crippen LogP) is 5.51. The maximum absolute atomic E-state index is 13.4. The molecule has 1 atom stereocenters. The van der Waals surface area contributed by atoms with Gasteiger partial charge in [0.15, 0.2) is 0 Å². The van der Waals surface area contributed by atoms with E-state index in [4.69, 9.17) is 4.74 Å². The summed E-state index contributed by atoms with van der Waals surface area (Å²) in [6, 6.07) is 17.4. The van der Waals surface area contributed by atoms with Crippen molar-refractivity contribution >= 4 is 17.0 Å². The third-order valence-electron chi connectivity index (χ3n) is 6.48. The second-order valence-electron chi connectivity index (χ2n) is 9.56. The van der Waals surface area contributed by atoms with Crippen molar-refractivity contribution in [3.63, 3.8) is 0 Å². The molecular weight excluding hydrogens is 372 g/mol. The van der Waals surface area contributed by atoms with Gasteiger partial charge in [-0.05, 0) is 69.2 Å². The highest BCUT2D eigenvalue weighted by Gasteiger charge is 2.36. The van der Waals surface area contributed by atoms with Gasteiger partial charge in [-0.2, -0.15) is 0 Å². The van der Waals surface area contributed by atoms with Crippen molar-refractivity contribution in [2.75, 3.05) is 13.1 Å². The molecule has 0 N–H and O–H groups in total. The summed E-state index contributed by atoms with van der Waals surface area (Å²) >= 11 is 0. The summed E-state index contributed by atoms with van der Waals surface area (Å²) in [6.45, 7) is 7.87. The van der Waals surface area contributed by atoms with Crippen LogP contribution < -0.4 is 0 Å². The molecule has 0 saturated carbocycles. The van der Waals surface area contributed by atoms with Crippen LogP contribution in [0.25, 0.3) is 10.9 Å². The van der Waals surface area contributed by atoms with Crippen LogP contribution in [0.4, 0.5) is 4.79 Å². The molecule has 3 heterocycles. The first-order valence-electron chi connectivity index (χ1n) is 11.1. The standard InChI is InChI=1S/C26H30N2O2/c1-26(2,3)30-25(29)28-22-11-7-6-10-20(22)21-15-17-27-16-14-19-9-5-4-8-18(19)12-13-23(27)24(21)28/h4-11,23H,12-17H2,1-3H3. The highest BCUT2D eigenvalue weighted by Crippen LogP contribution is 2.40. The van der Waals surface area contributed by atoms with E-state index in [0.29, 0.717) is 0 Å². The molecule has 0 fully saturated rings. The lowest BCUT2D eigenvalue weighted by Gasteiger charge is -2.38. The van der Waals surface area contributed by atoms with Crippen molar-refractivity contribution in [2.24, 2.45) is 0 Å². The van der Waals surface area contributed by atoms with Crippen LogP contribution in [0, 0.1) is 0 Å². The average molecular weight is 403 g/mol. The van der Waals surface area contributed by atoms with Crippen molar-refractivity contribution in [3.8, 4) is 0 Å². The number of hydrogen-bond donors (Lipinski definition) is 0. The molecule has 4 nitrogen and oxygen atoms in total. The summed E-state index contributed by atoms with van der Waals surface area (Å²) in [5, 5.41) is 1.19. The molecule has 2 aliphatic heterocycles. The third-order valence-corrected chi connectivity index (χ3v) is 6.48. The van der Waals surface area contributed by atoms with Gasteiger partial charge in [-0.1, -0.05) is 42.5 Å². The van der Waals surface area contributed by atoms with Gasteiger partial charge in [0.1, 0.15) is 5.60 Å². The Morgan fingerprint density at radius 2 is 1.60 bits per heavy atom. The maximum atomic E-state index is 13.4. The van der Waals surface area contributed by atoms with E-state index < -0.39 is 5.60 Å². The topological polar surface area (TPSA) is 34.5 Å². The van der Waals surface area contributed by atoms with Gasteiger partial charge in [-0.15, -0.1) is 0 Å². The van der Waals surface area contributed by atoms with Crippen LogP contribution in [0.5, 0.6) is 0 Å². The van der Waals surface area contributed by atoms with Gasteiger partial charge in [0.05, 0.1) is 17.3 Å². The Balaban J connectivity index is 1.63. The minimum atomic E-state index is -0.524. The van der Waals surface area contributed by atoms with Crippen molar-refractivity contribution < 1.29 is 9.53 Å². The molecule has 0 aliphatic carbocycles. The van der Waals surface area contributed by atoms with Gasteiger partial charge in [-0.25, -0.2) is 9.36 Å². The monoisotopic (exact) mass is 402 g/mol. The van der Waals surface area contributed by atoms with Crippen LogP contribution >= 0.6 is 0 Å². The van der Waals surface area contributed by atoms with Crippen LogP contribution in [0.3, 0.4) is 0 Å². The molecule has 2 aliphatic rings. The van der Waals surface area contributed by atoms with E-state index in [0.717, 1.165) is 50.0 Å². The number of benzene rings is 2. The Kier molecular flexibility index (Phi) is 4.70. The summed E-state index contributed by atoms with van der Waals surface area (Å²) in [4.78, 5) is 15.9. The lowest BCUT2D eigenvalue weighted by Crippen LogP contribution is -2.40. The van der Waals surface area contributed by atoms with Crippen LogP contribution in [0.1, 0.15) is 55.6 Å². The molecule has 156 valence electrons. The van der Waals surface area contributed by atoms with Crippen molar-refractivity contribution in [3.05, 3.63) is 70.9 Å². The lowest BCUT2D eigenvalue weighted by molar-refractivity contribution is 0.0524. The van der Waals surface area contributed by atoms with Gasteiger partial charge >= 0.3 is 6.09 Å². The van der Waals surface area contributed by atoms with E-state index >= 15 is 0 Å². The zero-order chi connectivity index (χ0) is 20.9. The molecule has 0 spiro atoms. The summed E-state index contributed by atoms with van der Waals surface area (Å²) < 4.78 is 7.73. The minimum Gasteiger partial charge on any atom is -0.443 e. The van der Waals surface area contributed by atoms with Gasteiger partial charge in [0, 0.05) is 18.5 Å². The number of hydrogen-bond acceptors (Lipinski definition) is 3. The Morgan fingerprint density at radius 3 is 2.37 bits per heavy atom. The normalized spacial score (nSPS) is 19.4. The first kappa shape index (κ1) is 19.4. The van der Waals surface area contributed by atoms with Gasteiger partial charge in [-0.3, -0.25) is 4.90 Å². The number of aromatic nitrogens is 1. The Morgan fingerprint density at radius 1 is 0.933 bits per heavy atom. The van der Waals surface area contributed by atoms with Crippen molar-refractivity contribution in [1.82, 2.24) is 9.47 Å². The number of carbonyl (C=O) groups is 1. The van der Waals surface area contributed by atoms with Crippen LogP contribution in [-0.4, -0.2) is 34.3 Å². The van der Waals surface area contributed by atoms with Gasteiger partial charge < -0.3 is 4.74 Å². The number of fused-ring (bicyclic) bond motifs is 6. The number of carbonyl (C=O) groups excluding carboxylic acids is 1. The largest absolute Gasteiger partial charge is 0.443 e. The van der Waals surface area contributed by atoms with E-state index in [1.807, 2.05) is 31.4 Å². The first-order valence-corrected chi connectivity index (χ1v) is 11.1. The Hall–Kier alpha value is -2.59. The zero-order valence-electron chi connectivity index (χ0n) is 18.1. The number of rotatable bonds is 0. The van der Waals surface area contributed by atoms with Crippen LogP contribution in [0.2, 0.25) is 0 Å². The fourth-order valence-electron chi connectivity index (χ4n) is 5.22. The van der Waals surface area contributed by atoms with E-state index in [1.165, 1.54) is 22.1 Å². The molecule has 2 aromatic carbocycles. The molecule has 1 unspecified atom stereocenters. The fourth-order valence-corrected chi connectivity index (χ4v) is 5.22. The van der Waals surface area contributed by atoms with E-state index in [-0.39, 0.29) is 12.1 Å². The third kappa shape index (κ3) is 3.33. The smallest absolute Gasteiger partial charge is 0.419 e. The highest BCUT2D eigenvalue weighted by atomic mass is 16.6. The lowest BCUT2D eigenvalue weighted by atomic mass is 9.89. The molecule has 0 radical (unpaired) electrons. The second kappa shape index (κ2) is 7.28. The van der Waals surface area contributed by atoms with Gasteiger partial charge in [0.25, 0.3) is 0 Å². The fraction of sp³-hybridized carbons (Fsp3) is 0.423. The SMILES string of the molecule is CC(C)(C)OC(=O)n1c2c(c3ccccc31)CCN1CCc3ccccc3CCC21. The molecule has 4 heteroatoms.